The summed E-state index contributed by atoms with van der Waals surface area (Å²) in [5, 5.41) is 4.54. The Morgan fingerprint density at radius 2 is 1.94 bits per heavy atom. The summed E-state index contributed by atoms with van der Waals surface area (Å²) < 4.78 is 1.91. The van der Waals surface area contributed by atoms with Crippen molar-refractivity contribution in [2.45, 2.75) is 40.7 Å². The largest absolute Gasteiger partial charge is 0.326 e. The van der Waals surface area contributed by atoms with Crippen LogP contribution in [0, 0.1) is 20.8 Å². The van der Waals surface area contributed by atoms with Gasteiger partial charge in [0.15, 0.2) is 5.82 Å². The van der Waals surface area contributed by atoms with E-state index < -0.39 is 0 Å². The van der Waals surface area contributed by atoms with Crippen LogP contribution in [0.1, 0.15) is 35.1 Å². The average Bonchev–Trinajstić information content (AvgIpc) is 2.65. The molecule has 0 saturated heterocycles. The summed E-state index contributed by atoms with van der Waals surface area (Å²) >= 11 is 0. The summed E-state index contributed by atoms with van der Waals surface area (Å²) in [6.07, 6.45) is 0.902. The lowest BCUT2D eigenvalue weighted by molar-refractivity contribution is 0.791. The van der Waals surface area contributed by atoms with Crippen molar-refractivity contribution in [1.82, 2.24) is 14.8 Å². The molecule has 18 heavy (non-hydrogen) atoms. The van der Waals surface area contributed by atoms with E-state index >= 15 is 0 Å². The highest BCUT2D eigenvalue weighted by Gasteiger charge is 2.11. The molecule has 0 unspecified atom stereocenters. The Morgan fingerprint density at radius 1 is 1.22 bits per heavy atom. The van der Waals surface area contributed by atoms with Gasteiger partial charge in [-0.25, -0.2) is 9.67 Å². The summed E-state index contributed by atoms with van der Waals surface area (Å²) in [7, 11) is 0. The predicted molar refractivity (Wildman–Crippen MR) is 72.8 cm³/mol. The molecule has 0 aliphatic heterocycles. The molecular formula is C14H20N4. The van der Waals surface area contributed by atoms with E-state index in [0.717, 1.165) is 34.9 Å². The minimum atomic E-state index is 0.529. The van der Waals surface area contributed by atoms with Crippen molar-refractivity contribution in [3.8, 4) is 5.82 Å². The topological polar surface area (TPSA) is 56.7 Å². The molecule has 0 spiro atoms. The molecule has 0 aliphatic carbocycles. The zero-order chi connectivity index (χ0) is 13.3. The molecule has 0 fully saturated rings. The van der Waals surface area contributed by atoms with Gasteiger partial charge in [0.25, 0.3) is 0 Å². The van der Waals surface area contributed by atoms with Crippen molar-refractivity contribution in [2.24, 2.45) is 5.73 Å². The second kappa shape index (κ2) is 4.90. The van der Waals surface area contributed by atoms with Crippen LogP contribution in [0.2, 0.25) is 0 Å². The highest BCUT2D eigenvalue weighted by Crippen LogP contribution is 2.17. The Labute approximate surface area is 108 Å². The highest BCUT2D eigenvalue weighted by molar-refractivity contribution is 5.35. The van der Waals surface area contributed by atoms with Crippen molar-refractivity contribution >= 4 is 0 Å². The Balaban J connectivity index is 2.59. The van der Waals surface area contributed by atoms with Gasteiger partial charge in [0.2, 0.25) is 0 Å². The summed E-state index contributed by atoms with van der Waals surface area (Å²) in [5.74, 6) is 0.864. The summed E-state index contributed by atoms with van der Waals surface area (Å²) in [4.78, 5) is 4.63. The normalized spacial score (nSPS) is 10.9. The van der Waals surface area contributed by atoms with E-state index in [1.165, 1.54) is 5.56 Å². The second-order valence-corrected chi connectivity index (χ2v) is 4.59. The molecule has 96 valence electrons. The molecule has 2 rings (SSSR count). The lowest BCUT2D eigenvalue weighted by atomic mass is 10.2. The number of hydrogen-bond donors (Lipinski definition) is 1. The van der Waals surface area contributed by atoms with Gasteiger partial charge in [-0.2, -0.15) is 5.10 Å². The number of pyridine rings is 1. The van der Waals surface area contributed by atoms with E-state index in [4.69, 9.17) is 5.73 Å². The monoisotopic (exact) mass is 244 g/mol. The molecule has 0 atom stereocenters. The standard InChI is InChI=1S/C14H20N4/c1-5-13-6-12(8-15)7-14(16-13)18-11(4)9(2)10(3)17-18/h6-7H,5,8,15H2,1-4H3. The maximum absolute atomic E-state index is 5.74. The number of hydrogen-bond acceptors (Lipinski definition) is 3. The van der Waals surface area contributed by atoms with Crippen LogP contribution in [-0.4, -0.2) is 14.8 Å². The van der Waals surface area contributed by atoms with Crippen LogP contribution in [-0.2, 0) is 13.0 Å². The number of aromatic nitrogens is 3. The zero-order valence-corrected chi connectivity index (χ0v) is 11.5. The fourth-order valence-electron chi connectivity index (χ4n) is 1.98. The van der Waals surface area contributed by atoms with Crippen LogP contribution in [0.4, 0.5) is 0 Å². The number of nitrogens with zero attached hydrogens (tertiary/aromatic N) is 3. The van der Waals surface area contributed by atoms with Crippen molar-refractivity contribution in [3.05, 3.63) is 40.3 Å². The van der Waals surface area contributed by atoms with Crippen LogP contribution < -0.4 is 5.73 Å². The molecule has 0 radical (unpaired) electrons. The van der Waals surface area contributed by atoms with Crippen LogP contribution in [0.5, 0.6) is 0 Å². The fraction of sp³-hybridized carbons (Fsp3) is 0.429. The van der Waals surface area contributed by atoms with Crippen LogP contribution in [0.25, 0.3) is 5.82 Å². The van der Waals surface area contributed by atoms with Gasteiger partial charge in [0.05, 0.1) is 5.69 Å². The molecule has 0 amide bonds. The third kappa shape index (κ3) is 2.16. The van der Waals surface area contributed by atoms with Gasteiger partial charge in [0.1, 0.15) is 0 Å². The Bertz CT molecular complexity index is 547. The molecule has 4 nitrogen and oxygen atoms in total. The van der Waals surface area contributed by atoms with E-state index in [0.29, 0.717) is 6.54 Å². The Hall–Kier alpha value is -1.68. The first-order chi connectivity index (χ1) is 8.56. The number of aryl methyl sites for hydroxylation is 2. The molecule has 0 aromatic carbocycles. The van der Waals surface area contributed by atoms with Gasteiger partial charge in [-0.15, -0.1) is 0 Å². The van der Waals surface area contributed by atoms with Crippen LogP contribution in [0.3, 0.4) is 0 Å². The van der Waals surface area contributed by atoms with Crippen molar-refractivity contribution < 1.29 is 0 Å². The van der Waals surface area contributed by atoms with Crippen molar-refractivity contribution in [3.63, 3.8) is 0 Å². The lowest BCUT2D eigenvalue weighted by Gasteiger charge is -2.08. The summed E-state index contributed by atoms with van der Waals surface area (Å²) in [6, 6.07) is 4.07. The third-order valence-corrected chi connectivity index (χ3v) is 3.39. The maximum atomic E-state index is 5.74. The molecule has 0 bridgehead atoms. The number of rotatable bonds is 3. The van der Waals surface area contributed by atoms with Gasteiger partial charge in [-0.05, 0) is 50.5 Å². The smallest absolute Gasteiger partial charge is 0.154 e. The molecular weight excluding hydrogens is 224 g/mol. The molecule has 0 saturated carbocycles. The average molecular weight is 244 g/mol. The molecule has 2 heterocycles. The predicted octanol–water partition coefficient (Wildman–Crippen LogP) is 2.21. The van der Waals surface area contributed by atoms with Gasteiger partial charge < -0.3 is 5.73 Å². The minimum Gasteiger partial charge on any atom is -0.326 e. The first kappa shape index (κ1) is 12.8. The fourth-order valence-corrected chi connectivity index (χ4v) is 1.98. The molecule has 2 N–H and O–H groups in total. The second-order valence-electron chi connectivity index (χ2n) is 4.59. The zero-order valence-electron chi connectivity index (χ0n) is 11.5. The van der Waals surface area contributed by atoms with Crippen molar-refractivity contribution in [1.29, 1.82) is 0 Å². The molecule has 2 aromatic rings. The molecule has 2 aromatic heterocycles. The van der Waals surface area contributed by atoms with E-state index in [2.05, 4.69) is 36.9 Å². The third-order valence-electron chi connectivity index (χ3n) is 3.39. The van der Waals surface area contributed by atoms with Gasteiger partial charge in [-0.3, -0.25) is 0 Å². The van der Waals surface area contributed by atoms with Crippen LogP contribution in [0.15, 0.2) is 12.1 Å². The molecule has 4 heteroatoms. The quantitative estimate of drug-likeness (QED) is 0.900. The highest BCUT2D eigenvalue weighted by atomic mass is 15.3. The van der Waals surface area contributed by atoms with Gasteiger partial charge in [0, 0.05) is 17.9 Å². The first-order valence-electron chi connectivity index (χ1n) is 6.30. The lowest BCUT2D eigenvalue weighted by Crippen LogP contribution is -2.07. The van der Waals surface area contributed by atoms with Gasteiger partial charge >= 0.3 is 0 Å². The van der Waals surface area contributed by atoms with Crippen LogP contribution >= 0.6 is 0 Å². The SMILES string of the molecule is CCc1cc(CN)cc(-n2nc(C)c(C)c2C)n1. The van der Waals surface area contributed by atoms with E-state index in [1.807, 2.05) is 17.7 Å². The van der Waals surface area contributed by atoms with Gasteiger partial charge in [-0.1, -0.05) is 6.92 Å². The van der Waals surface area contributed by atoms with E-state index in [1.54, 1.807) is 0 Å². The minimum absolute atomic E-state index is 0.529. The molecule has 0 aliphatic rings. The number of nitrogens with two attached hydrogens (primary N) is 1. The van der Waals surface area contributed by atoms with Crippen molar-refractivity contribution in [2.75, 3.05) is 0 Å². The maximum Gasteiger partial charge on any atom is 0.154 e. The Morgan fingerprint density at radius 3 is 2.44 bits per heavy atom. The Kier molecular flexibility index (Phi) is 3.48. The summed E-state index contributed by atoms with van der Waals surface area (Å²) in [6.45, 7) is 8.80. The summed E-state index contributed by atoms with van der Waals surface area (Å²) in [5.41, 5.74) is 11.3. The first-order valence-corrected chi connectivity index (χ1v) is 6.30. The van der Waals surface area contributed by atoms with E-state index in [9.17, 15) is 0 Å². The van der Waals surface area contributed by atoms with E-state index in [-0.39, 0.29) is 0 Å².